The third kappa shape index (κ3) is 13.6. The Balaban J connectivity index is 0.000000307. The van der Waals surface area contributed by atoms with Crippen LogP contribution in [0.15, 0.2) is 116 Å². The molecule has 15 heteroatoms. The van der Waals surface area contributed by atoms with E-state index in [0.717, 1.165) is 54.9 Å². The Kier molecular flexibility index (Phi) is 16.2. The van der Waals surface area contributed by atoms with Crippen molar-refractivity contribution >= 4 is 53.1 Å². The Morgan fingerprint density at radius 2 is 1.14 bits per heavy atom. The van der Waals surface area contributed by atoms with E-state index >= 15 is 0 Å². The molecule has 2 unspecified atom stereocenters. The zero-order chi connectivity index (χ0) is 46.4. The molecular weight excluding hydrogens is 819 g/mol. The highest BCUT2D eigenvalue weighted by atomic mass is 16.2. The molecular formula is C50H63N11O4. The number of carbonyl (C=O) groups excluding carboxylic acids is 4. The molecule has 4 amide bonds. The number of anilines is 5. The van der Waals surface area contributed by atoms with Crippen LogP contribution in [0, 0.1) is 10.8 Å². The number of likely N-dealkylation sites (tertiary alicyclic amines) is 2. The average molecular weight is 882 g/mol. The summed E-state index contributed by atoms with van der Waals surface area (Å²) in [5.74, 6) is 0.711. The van der Waals surface area contributed by atoms with Crippen molar-refractivity contribution < 1.29 is 19.2 Å². The van der Waals surface area contributed by atoms with Crippen LogP contribution in [0.25, 0.3) is 0 Å². The van der Waals surface area contributed by atoms with Crippen LogP contribution >= 0.6 is 0 Å². The third-order valence-corrected chi connectivity index (χ3v) is 11.4. The van der Waals surface area contributed by atoms with Gasteiger partial charge >= 0.3 is 0 Å². The number of amides is 4. The molecule has 15 nitrogen and oxygen atoms in total. The Morgan fingerprint density at radius 1 is 0.646 bits per heavy atom. The van der Waals surface area contributed by atoms with Crippen LogP contribution in [-0.4, -0.2) is 91.6 Å². The molecule has 4 N–H and O–H groups in total. The van der Waals surface area contributed by atoms with Gasteiger partial charge in [0.2, 0.25) is 36.0 Å². The van der Waals surface area contributed by atoms with Crippen molar-refractivity contribution in [2.45, 2.75) is 98.4 Å². The lowest BCUT2D eigenvalue weighted by molar-refractivity contribution is -0.139. The predicted molar refractivity (Wildman–Crippen MR) is 256 cm³/mol. The molecule has 0 spiro atoms. The molecule has 0 saturated carbocycles. The molecule has 0 bridgehead atoms. The molecule has 342 valence electrons. The summed E-state index contributed by atoms with van der Waals surface area (Å²) in [4.78, 5) is 73.3. The molecule has 4 heterocycles. The molecule has 65 heavy (non-hydrogen) atoms. The number of para-hydroxylation sites is 1. The SMILES string of the molecule is CC(C)(C)C(Nc1ncccn1)C(=O)N1CCCC1.CC(C)(C)[C@H](Nc1ncccn1)C(=O)N1CCCC1C(=O)Nc1ccc(CN(Cc2ccc(NC=O)cc2)c2ccccc2)cc1. The Labute approximate surface area is 382 Å². The molecule has 0 radical (unpaired) electrons. The fraction of sp³-hybridized carbons (Fsp3) is 0.400. The van der Waals surface area contributed by atoms with Crippen LogP contribution in [0.3, 0.4) is 0 Å². The highest BCUT2D eigenvalue weighted by Crippen LogP contribution is 2.29. The average Bonchev–Trinajstić information content (AvgIpc) is 4.03. The van der Waals surface area contributed by atoms with Crippen molar-refractivity contribution in [3.8, 4) is 0 Å². The van der Waals surface area contributed by atoms with Crippen molar-refractivity contribution in [3.05, 3.63) is 127 Å². The van der Waals surface area contributed by atoms with Crippen LogP contribution in [-0.2, 0) is 32.3 Å². The zero-order valence-corrected chi connectivity index (χ0v) is 38.4. The van der Waals surface area contributed by atoms with Crippen molar-refractivity contribution in [2.75, 3.05) is 45.8 Å². The minimum absolute atomic E-state index is 0.136. The quantitative estimate of drug-likeness (QED) is 0.0761. The molecule has 7 rings (SSSR count). The maximum absolute atomic E-state index is 13.8. The largest absolute Gasteiger partial charge is 0.363 e. The van der Waals surface area contributed by atoms with Crippen LogP contribution in [0.1, 0.15) is 78.4 Å². The molecule has 5 aromatic rings. The van der Waals surface area contributed by atoms with E-state index in [2.05, 4.69) is 79.0 Å². The second-order valence-electron chi connectivity index (χ2n) is 18.6. The van der Waals surface area contributed by atoms with E-state index < -0.39 is 17.5 Å². The van der Waals surface area contributed by atoms with Gasteiger partial charge < -0.3 is 36.0 Å². The van der Waals surface area contributed by atoms with Gasteiger partial charge in [-0.3, -0.25) is 19.2 Å². The summed E-state index contributed by atoms with van der Waals surface area (Å²) in [6.45, 7) is 15.7. The minimum Gasteiger partial charge on any atom is -0.363 e. The first-order chi connectivity index (χ1) is 31.2. The van der Waals surface area contributed by atoms with Gasteiger partial charge in [0.25, 0.3) is 0 Å². The second kappa shape index (κ2) is 22.1. The van der Waals surface area contributed by atoms with Crippen molar-refractivity contribution in [3.63, 3.8) is 0 Å². The molecule has 2 aliphatic heterocycles. The number of hydrogen-bond donors (Lipinski definition) is 4. The van der Waals surface area contributed by atoms with Crippen LogP contribution < -0.4 is 26.2 Å². The standard InChI is InChI=1S/C36H41N7O3.C14H22N4O/c1-36(2,3)32(41-35-37-20-8-21-38-35)34(46)43-22-7-11-31(43)33(45)40-29-18-14-27(15-19-29)24-42(30-9-5-4-6-10-30)23-26-12-16-28(17-13-26)39-25-44;1-14(2,3)11(12(19)18-9-4-5-10-18)17-13-15-7-6-8-16-13/h4-6,8-10,12-21,25,31-32H,7,11,22-24H2,1-3H3,(H,39,44)(H,40,45)(H,37,38,41);6-8,11H,4-5,9-10H2,1-3H3,(H,15,16,17)/t31?,32-;/m1./s1. The van der Waals surface area contributed by atoms with Gasteiger partial charge in [-0.05, 0) is 96.2 Å². The first kappa shape index (κ1) is 47.6. The highest BCUT2D eigenvalue weighted by molar-refractivity contribution is 5.98. The lowest BCUT2D eigenvalue weighted by Crippen LogP contribution is -2.53. The zero-order valence-electron chi connectivity index (χ0n) is 38.4. The smallest absolute Gasteiger partial charge is 0.247 e. The van der Waals surface area contributed by atoms with E-state index in [-0.39, 0.29) is 29.2 Å². The number of carbonyl (C=O) groups is 4. The first-order valence-electron chi connectivity index (χ1n) is 22.3. The summed E-state index contributed by atoms with van der Waals surface area (Å²) in [6, 6.07) is 27.9. The minimum atomic E-state index is -0.596. The Hall–Kier alpha value is -6.90. The first-order valence-corrected chi connectivity index (χ1v) is 22.3. The highest BCUT2D eigenvalue weighted by Gasteiger charge is 2.42. The van der Waals surface area contributed by atoms with Crippen molar-refractivity contribution in [1.82, 2.24) is 29.7 Å². The molecule has 2 saturated heterocycles. The third-order valence-electron chi connectivity index (χ3n) is 11.4. The van der Waals surface area contributed by atoms with E-state index in [9.17, 15) is 19.2 Å². The molecule has 2 fully saturated rings. The van der Waals surface area contributed by atoms with Gasteiger partial charge in [0.1, 0.15) is 18.1 Å². The number of rotatable bonds is 15. The molecule has 0 aliphatic carbocycles. The van der Waals surface area contributed by atoms with Crippen LogP contribution in [0.4, 0.5) is 29.0 Å². The number of nitrogens with one attached hydrogen (secondary N) is 4. The van der Waals surface area contributed by atoms with Gasteiger partial charge in [-0.15, -0.1) is 0 Å². The van der Waals surface area contributed by atoms with E-state index in [4.69, 9.17) is 0 Å². The predicted octanol–water partition coefficient (Wildman–Crippen LogP) is 7.63. The van der Waals surface area contributed by atoms with Gasteiger partial charge in [0.05, 0.1) is 0 Å². The number of hydrogen-bond acceptors (Lipinski definition) is 11. The van der Waals surface area contributed by atoms with Gasteiger partial charge in [-0.1, -0.05) is 84.0 Å². The fourth-order valence-electron chi connectivity index (χ4n) is 7.90. The van der Waals surface area contributed by atoms with Crippen LogP contribution in [0.2, 0.25) is 0 Å². The maximum Gasteiger partial charge on any atom is 0.247 e. The van der Waals surface area contributed by atoms with Crippen molar-refractivity contribution in [2.24, 2.45) is 10.8 Å². The number of aromatic nitrogens is 4. The van der Waals surface area contributed by atoms with Gasteiger partial charge in [0, 0.05) is 74.6 Å². The summed E-state index contributed by atoms with van der Waals surface area (Å²) in [5, 5.41) is 12.1. The lowest BCUT2D eigenvalue weighted by atomic mass is 9.85. The molecule has 2 aromatic heterocycles. The summed E-state index contributed by atoms with van der Waals surface area (Å²) in [5.41, 5.74) is 4.10. The molecule has 3 aromatic carbocycles. The Morgan fingerprint density at radius 3 is 1.63 bits per heavy atom. The van der Waals surface area contributed by atoms with Gasteiger partial charge in [0.15, 0.2) is 0 Å². The van der Waals surface area contributed by atoms with E-state index in [1.165, 1.54) is 0 Å². The topological polar surface area (TPSA) is 178 Å². The molecule has 2 aliphatic rings. The summed E-state index contributed by atoms with van der Waals surface area (Å²) < 4.78 is 0. The summed E-state index contributed by atoms with van der Waals surface area (Å²) >= 11 is 0. The monoisotopic (exact) mass is 882 g/mol. The van der Waals surface area contributed by atoms with Crippen LogP contribution in [0.5, 0.6) is 0 Å². The number of nitrogens with zero attached hydrogens (tertiary/aromatic N) is 7. The normalized spacial score (nSPS) is 15.8. The lowest BCUT2D eigenvalue weighted by Gasteiger charge is -2.35. The van der Waals surface area contributed by atoms with E-state index in [0.29, 0.717) is 50.0 Å². The van der Waals surface area contributed by atoms with Crippen molar-refractivity contribution in [1.29, 1.82) is 0 Å². The van der Waals surface area contributed by atoms with E-state index in [1.54, 1.807) is 41.8 Å². The maximum atomic E-state index is 13.8. The Bertz CT molecular complexity index is 2280. The second-order valence-corrected chi connectivity index (χ2v) is 18.6. The van der Waals surface area contributed by atoms with Gasteiger partial charge in [-0.25, -0.2) is 19.9 Å². The molecule has 3 atom stereocenters. The number of benzene rings is 3. The van der Waals surface area contributed by atoms with Gasteiger partial charge in [-0.2, -0.15) is 0 Å². The fourth-order valence-corrected chi connectivity index (χ4v) is 7.90. The van der Waals surface area contributed by atoms with E-state index in [1.807, 2.05) is 92.4 Å². The summed E-state index contributed by atoms with van der Waals surface area (Å²) in [7, 11) is 0. The summed E-state index contributed by atoms with van der Waals surface area (Å²) in [6.07, 6.45) is 10.8.